The van der Waals surface area contributed by atoms with E-state index in [9.17, 15) is 4.79 Å². The van der Waals surface area contributed by atoms with E-state index in [0.717, 1.165) is 54.8 Å². The molecule has 0 spiro atoms. The van der Waals surface area contributed by atoms with E-state index in [0.29, 0.717) is 30.6 Å². The summed E-state index contributed by atoms with van der Waals surface area (Å²) in [5.74, 6) is 1.79. The predicted octanol–water partition coefficient (Wildman–Crippen LogP) is 4.57. The molecule has 3 aromatic rings. The molecule has 1 aliphatic heterocycles. The number of amides is 1. The molecule has 2 aromatic carbocycles. The first-order chi connectivity index (χ1) is 19.9. The normalized spacial score (nSPS) is 18.2. The number of nitrogen functional groups attached to an aromatic ring is 1. The van der Waals surface area contributed by atoms with Gasteiger partial charge in [-0.25, -0.2) is 4.98 Å². The van der Waals surface area contributed by atoms with E-state index >= 15 is 0 Å². The molecule has 220 valence electrons. The number of amidine groups is 1. The Hall–Kier alpha value is -3.23. The van der Waals surface area contributed by atoms with E-state index in [1.807, 2.05) is 41.3 Å². The van der Waals surface area contributed by atoms with E-state index in [1.54, 1.807) is 0 Å². The second-order valence-electron chi connectivity index (χ2n) is 12.1. The molecule has 41 heavy (non-hydrogen) atoms. The van der Waals surface area contributed by atoms with Crippen LogP contribution >= 0.6 is 0 Å². The zero-order valence-corrected chi connectivity index (χ0v) is 24.7. The average Bonchev–Trinajstić information content (AvgIpc) is 3.56. The Morgan fingerprint density at radius 3 is 2.46 bits per heavy atom. The molecule has 1 saturated carbocycles. The van der Waals surface area contributed by atoms with Gasteiger partial charge in [0, 0.05) is 49.8 Å². The minimum atomic E-state index is 0.0668. The van der Waals surface area contributed by atoms with Crippen LogP contribution in [0.25, 0.3) is 11.0 Å². The van der Waals surface area contributed by atoms with Crippen LogP contribution in [-0.2, 0) is 19.4 Å². The second-order valence-corrected chi connectivity index (χ2v) is 12.1. The highest BCUT2D eigenvalue weighted by Gasteiger charge is 2.24. The van der Waals surface area contributed by atoms with Gasteiger partial charge in [-0.05, 0) is 81.8 Å². The van der Waals surface area contributed by atoms with Gasteiger partial charge in [0.15, 0.2) is 0 Å². The number of benzene rings is 2. The lowest BCUT2D eigenvalue weighted by Gasteiger charge is -2.29. The standard InChI is InChI=1S/C33H47N7O/c1-38-19-5-8-28(38)17-20-40-30-15-14-27(33(41)39(21-18-34)23-25-6-3-2-4-7-25)22-29(30)37-31(40)16-11-24-9-12-26(13-10-24)32(35)36/h9-10,12-15,22,25,28H,2-8,11,16-21,23,34H2,1H3,(H3,35,36). The van der Waals surface area contributed by atoms with Crippen LogP contribution in [0.2, 0.25) is 0 Å². The number of rotatable bonds is 12. The van der Waals surface area contributed by atoms with Crippen LogP contribution in [0, 0.1) is 11.3 Å². The van der Waals surface area contributed by atoms with Gasteiger partial charge in [-0.15, -0.1) is 0 Å². The molecule has 1 atom stereocenters. The summed E-state index contributed by atoms with van der Waals surface area (Å²) in [6, 6.07) is 14.6. The van der Waals surface area contributed by atoms with E-state index < -0.39 is 0 Å². The minimum absolute atomic E-state index is 0.0668. The lowest BCUT2D eigenvalue weighted by molar-refractivity contribution is 0.0719. The molecule has 5 N–H and O–H groups in total. The van der Waals surface area contributed by atoms with Gasteiger partial charge in [-0.1, -0.05) is 43.5 Å². The number of aromatic nitrogens is 2. The highest BCUT2D eigenvalue weighted by molar-refractivity contribution is 5.97. The van der Waals surface area contributed by atoms with Gasteiger partial charge < -0.3 is 25.8 Å². The number of hydrogen-bond acceptors (Lipinski definition) is 5. The highest BCUT2D eigenvalue weighted by atomic mass is 16.2. The van der Waals surface area contributed by atoms with E-state index in [2.05, 4.69) is 22.6 Å². The van der Waals surface area contributed by atoms with Gasteiger partial charge >= 0.3 is 0 Å². The second kappa shape index (κ2) is 13.6. The molecule has 1 aromatic heterocycles. The third-order valence-corrected chi connectivity index (χ3v) is 9.22. The molecule has 8 nitrogen and oxygen atoms in total. The highest BCUT2D eigenvalue weighted by Crippen LogP contribution is 2.27. The van der Waals surface area contributed by atoms with Gasteiger partial charge in [-0.2, -0.15) is 0 Å². The summed E-state index contributed by atoms with van der Waals surface area (Å²) in [4.78, 5) is 23.2. The smallest absolute Gasteiger partial charge is 0.253 e. The molecule has 5 rings (SSSR count). The van der Waals surface area contributed by atoms with E-state index in [4.69, 9.17) is 21.9 Å². The van der Waals surface area contributed by atoms with Crippen LogP contribution in [0.15, 0.2) is 42.5 Å². The maximum Gasteiger partial charge on any atom is 0.253 e. The van der Waals surface area contributed by atoms with Crippen molar-refractivity contribution in [1.29, 1.82) is 5.41 Å². The maximum absolute atomic E-state index is 13.7. The molecule has 1 saturated heterocycles. The van der Waals surface area contributed by atoms with Gasteiger partial charge in [0.25, 0.3) is 5.91 Å². The number of nitrogens with two attached hydrogens (primary N) is 2. The Morgan fingerprint density at radius 2 is 1.78 bits per heavy atom. The minimum Gasteiger partial charge on any atom is -0.384 e. The fraction of sp³-hybridized carbons (Fsp3) is 0.545. The van der Waals surface area contributed by atoms with Gasteiger partial charge in [0.05, 0.1) is 11.0 Å². The number of hydrogen-bond donors (Lipinski definition) is 3. The fourth-order valence-electron chi connectivity index (χ4n) is 6.78. The predicted molar refractivity (Wildman–Crippen MR) is 166 cm³/mol. The Labute approximate surface area is 244 Å². The van der Waals surface area contributed by atoms with Crippen LogP contribution in [0.3, 0.4) is 0 Å². The third kappa shape index (κ3) is 7.16. The molecule has 8 heteroatoms. The molecule has 2 heterocycles. The number of aryl methyl sites for hydroxylation is 3. The molecule has 2 aliphatic rings. The maximum atomic E-state index is 13.7. The largest absolute Gasteiger partial charge is 0.384 e. The Morgan fingerprint density at radius 1 is 1.02 bits per heavy atom. The van der Waals surface area contributed by atoms with E-state index in [-0.39, 0.29) is 11.7 Å². The van der Waals surface area contributed by atoms with Crippen molar-refractivity contribution < 1.29 is 4.79 Å². The number of nitrogens with one attached hydrogen (secondary N) is 1. The Kier molecular flexibility index (Phi) is 9.72. The molecule has 0 bridgehead atoms. The number of fused-ring (bicyclic) bond motifs is 1. The van der Waals surface area contributed by atoms with Gasteiger partial charge in [0.2, 0.25) is 0 Å². The number of carbonyl (C=O) groups excluding carboxylic acids is 1. The van der Waals surface area contributed by atoms with E-state index in [1.165, 1.54) is 57.1 Å². The van der Waals surface area contributed by atoms with Crippen molar-refractivity contribution in [3.05, 3.63) is 65.0 Å². The number of imidazole rings is 1. The molecule has 2 fully saturated rings. The molecule has 1 amide bonds. The monoisotopic (exact) mass is 557 g/mol. The molecular formula is C33H47N7O. The lowest BCUT2D eigenvalue weighted by Crippen LogP contribution is -2.39. The van der Waals surface area contributed by atoms with Crippen molar-refractivity contribution in [1.82, 2.24) is 19.4 Å². The fourth-order valence-corrected chi connectivity index (χ4v) is 6.78. The Balaban J connectivity index is 1.38. The SMILES string of the molecule is CN1CCCC1CCn1c(CCc2ccc(C(=N)N)cc2)nc2cc(C(=O)N(CCN)CC3CCCCC3)ccc21. The van der Waals surface area contributed by atoms with Gasteiger partial charge in [-0.3, -0.25) is 10.2 Å². The van der Waals surface area contributed by atoms with Crippen molar-refractivity contribution in [3.63, 3.8) is 0 Å². The third-order valence-electron chi connectivity index (χ3n) is 9.22. The summed E-state index contributed by atoms with van der Waals surface area (Å²) in [6.07, 6.45) is 11.5. The van der Waals surface area contributed by atoms with Gasteiger partial charge in [0.1, 0.15) is 11.7 Å². The first kappa shape index (κ1) is 29.3. The van der Waals surface area contributed by atoms with Crippen molar-refractivity contribution in [3.8, 4) is 0 Å². The topological polar surface area (TPSA) is 117 Å². The number of nitrogens with zero attached hydrogens (tertiary/aromatic N) is 4. The van der Waals surface area contributed by atoms with Crippen molar-refractivity contribution in [2.45, 2.75) is 76.8 Å². The molecule has 0 radical (unpaired) electrons. The quantitative estimate of drug-likeness (QED) is 0.223. The van der Waals surface area contributed by atoms with Crippen molar-refractivity contribution in [2.75, 3.05) is 33.2 Å². The summed E-state index contributed by atoms with van der Waals surface area (Å²) in [7, 11) is 2.23. The molecule has 1 aliphatic carbocycles. The van der Waals surface area contributed by atoms with Crippen LogP contribution in [0.1, 0.15) is 78.7 Å². The number of carbonyl (C=O) groups is 1. The summed E-state index contributed by atoms with van der Waals surface area (Å²) in [5, 5.41) is 7.65. The zero-order chi connectivity index (χ0) is 28.8. The van der Waals surface area contributed by atoms with Crippen LogP contribution in [-0.4, -0.2) is 70.4 Å². The van der Waals surface area contributed by atoms with Crippen LogP contribution in [0.5, 0.6) is 0 Å². The number of likely N-dealkylation sites (tertiary alicyclic amines) is 1. The summed E-state index contributed by atoms with van der Waals surface area (Å²) in [5.41, 5.74) is 16.2. The molecular weight excluding hydrogens is 510 g/mol. The van der Waals surface area contributed by atoms with Crippen molar-refractivity contribution in [2.24, 2.45) is 17.4 Å². The van der Waals surface area contributed by atoms with Crippen LogP contribution < -0.4 is 11.5 Å². The Bertz CT molecular complexity index is 1330. The first-order valence-corrected chi connectivity index (χ1v) is 15.5. The summed E-state index contributed by atoms with van der Waals surface area (Å²) in [6.45, 7) is 3.94. The summed E-state index contributed by atoms with van der Waals surface area (Å²) >= 11 is 0. The first-order valence-electron chi connectivity index (χ1n) is 15.5. The van der Waals surface area contributed by atoms with Crippen molar-refractivity contribution >= 4 is 22.8 Å². The summed E-state index contributed by atoms with van der Waals surface area (Å²) < 4.78 is 2.37. The molecule has 1 unspecified atom stereocenters. The zero-order valence-electron chi connectivity index (χ0n) is 24.7. The average molecular weight is 558 g/mol. The van der Waals surface area contributed by atoms with Crippen LogP contribution in [0.4, 0.5) is 0 Å². The lowest BCUT2D eigenvalue weighted by atomic mass is 9.89.